The van der Waals surface area contributed by atoms with Gasteiger partial charge in [0.15, 0.2) is 11.5 Å². The number of amides is 1. The van der Waals surface area contributed by atoms with E-state index in [4.69, 9.17) is 9.47 Å². The van der Waals surface area contributed by atoms with Crippen molar-refractivity contribution in [3.05, 3.63) is 64.7 Å². The van der Waals surface area contributed by atoms with E-state index in [0.29, 0.717) is 30.2 Å². The number of nitrogens with zero attached hydrogens (tertiary/aromatic N) is 1. The Hall–Kier alpha value is -3.28. The van der Waals surface area contributed by atoms with Crippen LogP contribution in [0.25, 0.3) is 6.08 Å². The summed E-state index contributed by atoms with van der Waals surface area (Å²) < 4.78 is 15.4. The normalized spacial score (nSPS) is 13.2. The molecule has 1 aliphatic rings. The second kappa shape index (κ2) is 8.61. The van der Waals surface area contributed by atoms with E-state index in [1.807, 2.05) is 12.1 Å². The molecular weight excluding hydrogens is 358 g/mol. The maximum absolute atomic E-state index is 12.6. The van der Waals surface area contributed by atoms with Gasteiger partial charge in [-0.15, -0.1) is 0 Å². The van der Waals surface area contributed by atoms with E-state index < -0.39 is 0 Å². The van der Waals surface area contributed by atoms with Crippen molar-refractivity contribution in [3.63, 3.8) is 0 Å². The third-order valence-electron chi connectivity index (χ3n) is 4.78. The van der Waals surface area contributed by atoms with Gasteiger partial charge in [-0.05, 0) is 53.5 Å². The summed E-state index contributed by atoms with van der Waals surface area (Å²) in [7, 11) is 4.56. The topological polar surface area (TPSA) is 65.1 Å². The van der Waals surface area contributed by atoms with Crippen molar-refractivity contribution < 1.29 is 23.8 Å². The summed E-state index contributed by atoms with van der Waals surface area (Å²) in [6, 6.07) is 10.8. The van der Waals surface area contributed by atoms with Gasteiger partial charge in [0.2, 0.25) is 5.91 Å². The lowest BCUT2D eigenvalue weighted by Crippen LogP contribution is -2.34. The molecule has 0 N–H and O–H groups in total. The fourth-order valence-corrected chi connectivity index (χ4v) is 3.19. The van der Waals surface area contributed by atoms with Crippen LogP contribution in [0.4, 0.5) is 0 Å². The number of esters is 1. The standard InChI is InChI=1S/C22H23NO5/c1-26-19-12-17-10-11-23(14-18(17)13-20(19)27-2)21(24)9-6-15-4-7-16(8-5-15)22(25)28-3/h4-9,12-13H,10-11,14H2,1-3H3/b9-6+. The Morgan fingerprint density at radius 2 is 1.61 bits per heavy atom. The number of fused-ring (bicyclic) bond motifs is 1. The third kappa shape index (κ3) is 4.17. The van der Waals surface area contributed by atoms with Crippen molar-refractivity contribution in [1.29, 1.82) is 0 Å². The molecule has 0 radical (unpaired) electrons. The van der Waals surface area contributed by atoms with Gasteiger partial charge in [-0.25, -0.2) is 4.79 Å². The molecule has 0 saturated heterocycles. The van der Waals surface area contributed by atoms with Crippen LogP contribution in [0.5, 0.6) is 11.5 Å². The molecule has 0 aliphatic carbocycles. The second-order valence-electron chi connectivity index (χ2n) is 6.43. The molecule has 0 aromatic heterocycles. The highest BCUT2D eigenvalue weighted by Gasteiger charge is 2.21. The van der Waals surface area contributed by atoms with Crippen LogP contribution in [0.3, 0.4) is 0 Å². The van der Waals surface area contributed by atoms with Crippen LogP contribution in [0.1, 0.15) is 27.0 Å². The summed E-state index contributed by atoms with van der Waals surface area (Å²) in [5.41, 5.74) is 3.55. The number of rotatable bonds is 5. The maximum atomic E-state index is 12.6. The molecule has 1 aliphatic heterocycles. The van der Waals surface area contributed by atoms with Crippen LogP contribution < -0.4 is 9.47 Å². The molecule has 0 saturated carbocycles. The highest BCUT2D eigenvalue weighted by Crippen LogP contribution is 2.33. The lowest BCUT2D eigenvalue weighted by Gasteiger charge is -2.28. The maximum Gasteiger partial charge on any atom is 0.337 e. The van der Waals surface area contributed by atoms with Crippen molar-refractivity contribution in [3.8, 4) is 11.5 Å². The first kappa shape index (κ1) is 19.5. The van der Waals surface area contributed by atoms with Crippen LogP contribution in [0, 0.1) is 0 Å². The van der Waals surface area contributed by atoms with Gasteiger partial charge < -0.3 is 19.1 Å². The Bertz CT molecular complexity index is 902. The van der Waals surface area contributed by atoms with E-state index in [2.05, 4.69) is 4.74 Å². The largest absolute Gasteiger partial charge is 0.493 e. The quantitative estimate of drug-likeness (QED) is 0.588. The van der Waals surface area contributed by atoms with E-state index >= 15 is 0 Å². The highest BCUT2D eigenvalue weighted by molar-refractivity contribution is 5.92. The van der Waals surface area contributed by atoms with E-state index in [0.717, 1.165) is 17.5 Å². The first-order chi connectivity index (χ1) is 13.5. The van der Waals surface area contributed by atoms with Gasteiger partial charge in [-0.3, -0.25) is 4.79 Å². The third-order valence-corrected chi connectivity index (χ3v) is 4.78. The second-order valence-corrected chi connectivity index (χ2v) is 6.43. The van der Waals surface area contributed by atoms with Gasteiger partial charge in [0.1, 0.15) is 0 Å². The number of hydrogen-bond donors (Lipinski definition) is 0. The van der Waals surface area contributed by atoms with Crippen LogP contribution >= 0.6 is 0 Å². The minimum absolute atomic E-state index is 0.0579. The van der Waals surface area contributed by atoms with Gasteiger partial charge in [0.25, 0.3) is 0 Å². The van der Waals surface area contributed by atoms with Gasteiger partial charge in [0.05, 0.1) is 26.9 Å². The molecule has 1 heterocycles. The number of benzene rings is 2. The van der Waals surface area contributed by atoms with Crippen molar-refractivity contribution in [2.75, 3.05) is 27.9 Å². The Morgan fingerprint density at radius 1 is 0.964 bits per heavy atom. The van der Waals surface area contributed by atoms with E-state index in [1.165, 1.54) is 12.7 Å². The lowest BCUT2D eigenvalue weighted by molar-refractivity contribution is -0.126. The number of carbonyl (C=O) groups is 2. The van der Waals surface area contributed by atoms with E-state index in [1.54, 1.807) is 55.5 Å². The van der Waals surface area contributed by atoms with Crippen molar-refractivity contribution in [2.45, 2.75) is 13.0 Å². The molecule has 2 aromatic rings. The minimum atomic E-state index is -0.384. The molecule has 6 heteroatoms. The van der Waals surface area contributed by atoms with E-state index in [-0.39, 0.29) is 11.9 Å². The molecule has 0 bridgehead atoms. The Morgan fingerprint density at radius 3 is 2.21 bits per heavy atom. The molecular formula is C22H23NO5. The summed E-state index contributed by atoms with van der Waals surface area (Å²) in [5.74, 6) is 0.927. The van der Waals surface area contributed by atoms with Gasteiger partial charge in [-0.2, -0.15) is 0 Å². The minimum Gasteiger partial charge on any atom is -0.493 e. The fraction of sp³-hybridized carbons (Fsp3) is 0.273. The highest BCUT2D eigenvalue weighted by atomic mass is 16.5. The monoisotopic (exact) mass is 381 g/mol. The molecule has 0 atom stereocenters. The average molecular weight is 381 g/mol. The SMILES string of the molecule is COC(=O)c1ccc(/C=C/C(=O)N2CCc3cc(OC)c(OC)cc3C2)cc1. The van der Waals surface area contributed by atoms with Crippen LogP contribution in [0.2, 0.25) is 0 Å². The van der Waals surface area contributed by atoms with Crippen LogP contribution in [-0.4, -0.2) is 44.7 Å². The summed E-state index contributed by atoms with van der Waals surface area (Å²) in [4.78, 5) is 25.9. The van der Waals surface area contributed by atoms with Crippen molar-refractivity contribution >= 4 is 18.0 Å². The first-order valence-electron chi connectivity index (χ1n) is 8.95. The molecule has 0 fully saturated rings. The smallest absolute Gasteiger partial charge is 0.337 e. The zero-order valence-electron chi connectivity index (χ0n) is 16.2. The zero-order valence-corrected chi connectivity index (χ0v) is 16.2. The molecule has 28 heavy (non-hydrogen) atoms. The molecule has 146 valence electrons. The molecule has 2 aromatic carbocycles. The Kier molecular flexibility index (Phi) is 5.99. The lowest BCUT2D eigenvalue weighted by atomic mass is 9.98. The van der Waals surface area contributed by atoms with Crippen LogP contribution in [-0.2, 0) is 22.5 Å². The van der Waals surface area contributed by atoms with Gasteiger partial charge >= 0.3 is 5.97 Å². The molecule has 3 rings (SSSR count). The number of hydrogen-bond acceptors (Lipinski definition) is 5. The zero-order chi connectivity index (χ0) is 20.1. The summed E-state index contributed by atoms with van der Waals surface area (Å²) in [5, 5.41) is 0. The summed E-state index contributed by atoms with van der Waals surface area (Å²) >= 11 is 0. The van der Waals surface area contributed by atoms with Crippen molar-refractivity contribution in [1.82, 2.24) is 4.90 Å². The summed E-state index contributed by atoms with van der Waals surface area (Å²) in [6.07, 6.45) is 4.06. The summed E-state index contributed by atoms with van der Waals surface area (Å²) in [6.45, 7) is 1.17. The van der Waals surface area contributed by atoms with E-state index in [9.17, 15) is 9.59 Å². The predicted octanol–water partition coefficient (Wildman–Crippen LogP) is 3.09. The molecule has 6 nitrogen and oxygen atoms in total. The van der Waals surface area contributed by atoms with Gasteiger partial charge in [0, 0.05) is 19.2 Å². The molecule has 0 unspecified atom stereocenters. The van der Waals surface area contributed by atoms with Crippen LogP contribution in [0.15, 0.2) is 42.5 Å². The first-order valence-corrected chi connectivity index (χ1v) is 8.95. The Balaban J connectivity index is 1.69. The molecule has 1 amide bonds. The average Bonchev–Trinajstić information content (AvgIpc) is 2.75. The number of carbonyl (C=O) groups excluding carboxylic acids is 2. The van der Waals surface area contributed by atoms with Gasteiger partial charge in [-0.1, -0.05) is 12.1 Å². The molecule has 0 spiro atoms. The Labute approximate surface area is 164 Å². The predicted molar refractivity (Wildman–Crippen MR) is 105 cm³/mol. The fourth-order valence-electron chi connectivity index (χ4n) is 3.19. The number of ether oxygens (including phenoxy) is 3. The van der Waals surface area contributed by atoms with Crippen molar-refractivity contribution in [2.24, 2.45) is 0 Å². The number of methoxy groups -OCH3 is 3.